The Bertz CT molecular complexity index is 519. The normalized spacial score (nSPS) is 21.7. The second-order valence-electron chi connectivity index (χ2n) is 6.92. The van der Waals surface area contributed by atoms with Gasteiger partial charge in [-0.3, -0.25) is 4.79 Å². The lowest BCUT2D eigenvalue weighted by atomic mass is 9.87. The standard InChI is InChI=1S/C20H29NO2/c1-15(2)18-11-9-16(10-12-18)5-4-8-20(23)21-14-17-6-3-7-19(22)13-17/h4-5,9-12,15,17,19,22H,3,6-8,13-14H2,1-2H3,(H,21,23)/b5-4+. The third-order valence-corrected chi connectivity index (χ3v) is 4.56. The van der Waals surface area contributed by atoms with Crippen molar-refractivity contribution in [3.8, 4) is 0 Å². The van der Waals surface area contributed by atoms with E-state index in [9.17, 15) is 9.90 Å². The van der Waals surface area contributed by atoms with E-state index in [1.165, 1.54) is 5.56 Å². The first-order valence-corrected chi connectivity index (χ1v) is 8.76. The van der Waals surface area contributed by atoms with Crippen molar-refractivity contribution in [3.05, 3.63) is 41.5 Å². The molecule has 2 unspecified atom stereocenters. The second-order valence-corrected chi connectivity index (χ2v) is 6.92. The number of hydrogen-bond acceptors (Lipinski definition) is 2. The first-order valence-electron chi connectivity index (χ1n) is 8.76. The minimum absolute atomic E-state index is 0.0557. The molecule has 1 saturated carbocycles. The molecular formula is C20H29NO2. The molecule has 23 heavy (non-hydrogen) atoms. The van der Waals surface area contributed by atoms with Crippen molar-refractivity contribution < 1.29 is 9.90 Å². The maximum Gasteiger partial charge on any atom is 0.223 e. The van der Waals surface area contributed by atoms with Gasteiger partial charge >= 0.3 is 0 Å². The Hall–Kier alpha value is -1.61. The average molecular weight is 315 g/mol. The molecule has 1 amide bonds. The third-order valence-electron chi connectivity index (χ3n) is 4.56. The Kier molecular flexibility index (Phi) is 6.85. The molecule has 0 radical (unpaired) electrons. The molecule has 1 fully saturated rings. The smallest absolute Gasteiger partial charge is 0.223 e. The molecule has 3 nitrogen and oxygen atoms in total. The van der Waals surface area contributed by atoms with Gasteiger partial charge in [0.1, 0.15) is 0 Å². The summed E-state index contributed by atoms with van der Waals surface area (Å²) >= 11 is 0. The number of rotatable bonds is 6. The van der Waals surface area contributed by atoms with Gasteiger partial charge in [0.25, 0.3) is 0 Å². The van der Waals surface area contributed by atoms with E-state index < -0.39 is 0 Å². The van der Waals surface area contributed by atoms with Crippen LogP contribution in [0.3, 0.4) is 0 Å². The zero-order valence-corrected chi connectivity index (χ0v) is 14.3. The van der Waals surface area contributed by atoms with Crippen molar-refractivity contribution >= 4 is 12.0 Å². The van der Waals surface area contributed by atoms with Crippen molar-refractivity contribution in [1.82, 2.24) is 5.32 Å². The Morgan fingerprint density at radius 3 is 2.70 bits per heavy atom. The maximum absolute atomic E-state index is 11.9. The fourth-order valence-corrected chi connectivity index (χ4v) is 3.07. The molecule has 1 aliphatic rings. The highest BCUT2D eigenvalue weighted by molar-refractivity contribution is 5.78. The molecule has 0 spiro atoms. The van der Waals surface area contributed by atoms with Crippen LogP contribution in [0.1, 0.15) is 63.0 Å². The van der Waals surface area contributed by atoms with E-state index in [0.29, 0.717) is 24.8 Å². The van der Waals surface area contributed by atoms with Crippen LogP contribution < -0.4 is 5.32 Å². The molecule has 126 valence electrons. The van der Waals surface area contributed by atoms with Crippen LogP contribution >= 0.6 is 0 Å². The molecule has 3 heteroatoms. The quantitative estimate of drug-likeness (QED) is 0.837. The molecule has 0 bridgehead atoms. The molecule has 2 atom stereocenters. The lowest BCUT2D eigenvalue weighted by molar-refractivity contribution is -0.120. The fraction of sp³-hybridized carbons (Fsp3) is 0.550. The summed E-state index contributed by atoms with van der Waals surface area (Å²) < 4.78 is 0. The summed E-state index contributed by atoms with van der Waals surface area (Å²) in [6, 6.07) is 8.46. The molecule has 0 aromatic heterocycles. The van der Waals surface area contributed by atoms with Crippen LogP contribution in [0.5, 0.6) is 0 Å². The minimum atomic E-state index is -0.181. The van der Waals surface area contributed by atoms with Gasteiger partial charge in [-0.2, -0.15) is 0 Å². The third kappa shape index (κ3) is 6.19. The van der Waals surface area contributed by atoms with Crippen LogP contribution in [-0.2, 0) is 4.79 Å². The van der Waals surface area contributed by atoms with Crippen molar-refractivity contribution in [2.75, 3.05) is 6.54 Å². The molecule has 0 aliphatic heterocycles. The molecule has 2 rings (SSSR count). The van der Waals surface area contributed by atoms with Crippen molar-refractivity contribution in [2.45, 2.75) is 58.0 Å². The van der Waals surface area contributed by atoms with E-state index in [1.807, 2.05) is 12.2 Å². The number of benzene rings is 1. The molecule has 1 aliphatic carbocycles. The Balaban J connectivity index is 1.71. The van der Waals surface area contributed by atoms with Crippen LogP contribution in [-0.4, -0.2) is 23.7 Å². The van der Waals surface area contributed by atoms with Gasteiger partial charge in [0, 0.05) is 13.0 Å². The molecule has 2 N–H and O–H groups in total. The largest absolute Gasteiger partial charge is 0.393 e. The number of nitrogens with one attached hydrogen (secondary N) is 1. The minimum Gasteiger partial charge on any atom is -0.393 e. The van der Waals surface area contributed by atoms with E-state index in [0.717, 1.165) is 31.2 Å². The van der Waals surface area contributed by atoms with Crippen LogP contribution in [0.4, 0.5) is 0 Å². The molecular weight excluding hydrogens is 286 g/mol. The average Bonchev–Trinajstić information content (AvgIpc) is 2.53. The highest BCUT2D eigenvalue weighted by atomic mass is 16.3. The molecule has 1 aromatic rings. The van der Waals surface area contributed by atoms with Crippen LogP contribution in [0.25, 0.3) is 6.08 Å². The van der Waals surface area contributed by atoms with Crippen molar-refractivity contribution in [1.29, 1.82) is 0 Å². The summed E-state index contributed by atoms with van der Waals surface area (Å²) in [5.74, 6) is 1.02. The number of aliphatic hydroxyl groups is 1. The molecule has 0 saturated heterocycles. The Morgan fingerprint density at radius 1 is 1.30 bits per heavy atom. The summed E-state index contributed by atoms with van der Waals surface area (Å²) in [6.45, 7) is 5.05. The van der Waals surface area contributed by atoms with E-state index in [4.69, 9.17) is 0 Å². The number of hydrogen-bond donors (Lipinski definition) is 2. The van der Waals surface area contributed by atoms with Crippen LogP contribution in [0, 0.1) is 5.92 Å². The van der Waals surface area contributed by atoms with Gasteiger partial charge in [-0.15, -0.1) is 0 Å². The second kappa shape index (κ2) is 8.88. The number of aliphatic hydroxyl groups excluding tert-OH is 1. The van der Waals surface area contributed by atoms with E-state index >= 15 is 0 Å². The van der Waals surface area contributed by atoms with Gasteiger partial charge in [-0.1, -0.05) is 56.7 Å². The van der Waals surface area contributed by atoms with Crippen molar-refractivity contribution in [2.24, 2.45) is 5.92 Å². The monoisotopic (exact) mass is 315 g/mol. The lowest BCUT2D eigenvalue weighted by Crippen LogP contribution is -2.32. The SMILES string of the molecule is CC(C)c1ccc(/C=C/CC(=O)NCC2CCCC(O)C2)cc1. The van der Waals surface area contributed by atoms with Gasteiger partial charge in [0.05, 0.1) is 6.10 Å². The topological polar surface area (TPSA) is 49.3 Å². The first kappa shape index (κ1) is 17.7. The van der Waals surface area contributed by atoms with Crippen molar-refractivity contribution in [3.63, 3.8) is 0 Å². The first-order chi connectivity index (χ1) is 11.0. The van der Waals surface area contributed by atoms with E-state index in [-0.39, 0.29) is 12.0 Å². The maximum atomic E-state index is 11.9. The van der Waals surface area contributed by atoms with Gasteiger partial charge < -0.3 is 10.4 Å². The summed E-state index contributed by atoms with van der Waals surface area (Å²) in [4.78, 5) is 11.9. The predicted molar refractivity (Wildman–Crippen MR) is 95.2 cm³/mol. The number of carbonyl (C=O) groups is 1. The molecule has 0 heterocycles. The van der Waals surface area contributed by atoms with E-state index in [1.54, 1.807) is 0 Å². The summed E-state index contributed by atoms with van der Waals surface area (Å²) in [5, 5.41) is 12.6. The lowest BCUT2D eigenvalue weighted by Gasteiger charge is -2.25. The summed E-state index contributed by atoms with van der Waals surface area (Å²) in [6.07, 6.45) is 8.02. The fourth-order valence-electron chi connectivity index (χ4n) is 3.07. The zero-order chi connectivity index (χ0) is 16.7. The zero-order valence-electron chi connectivity index (χ0n) is 14.3. The van der Waals surface area contributed by atoms with Gasteiger partial charge in [-0.05, 0) is 42.2 Å². The highest BCUT2D eigenvalue weighted by Crippen LogP contribution is 2.23. The number of amides is 1. The Morgan fingerprint density at radius 2 is 2.04 bits per heavy atom. The van der Waals surface area contributed by atoms with Gasteiger partial charge in [-0.25, -0.2) is 0 Å². The summed E-state index contributed by atoms with van der Waals surface area (Å²) in [5.41, 5.74) is 2.45. The Labute approximate surface area is 139 Å². The number of carbonyl (C=O) groups excluding carboxylic acids is 1. The van der Waals surface area contributed by atoms with Gasteiger partial charge in [0.15, 0.2) is 0 Å². The van der Waals surface area contributed by atoms with Gasteiger partial charge in [0.2, 0.25) is 5.91 Å². The van der Waals surface area contributed by atoms with Crippen LogP contribution in [0.2, 0.25) is 0 Å². The predicted octanol–water partition coefficient (Wildman–Crippen LogP) is 3.88. The van der Waals surface area contributed by atoms with Crippen LogP contribution in [0.15, 0.2) is 30.3 Å². The highest BCUT2D eigenvalue weighted by Gasteiger charge is 2.20. The van der Waals surface area contributed by atoms with E-state index in [2.05, 4.69) is 43.4 Å². The summed E-state index contributed by atoms with van der Waals surface area (Å²) in [7, 11) is 0. The molecule has 1 aromatic carbocycles.